The first-order valence-electron chi connectivity index (χ1n) is 7.12. The van der Waals surface area contributed by atoms with Gasteiger partial charge in [0.25, 0.3) is 0 Å². The monoisotopic (exact) mass is 296 g/mol. The fourth-order valence-corrected chi connectivity index (χ4v) is 1.87. The molecule has 0 aromatic heterocycles. The van der Waals surface area contributed by atoms with E-state index in [1.807, 2.05) is 20.8 Å². The summed E-state index contributed by atoms with van der Waals surface area (Å²) < 4.78 is 32.8. The Balaban J connectivity index is 2.58. The lowest BCUT2D eigenvalue weighted by Gasteiger charge is -2.15. The normalized spacial score (nSPS) is 11.2. The Morgan fingerprint density at radius 1 is 1.29 bits per heavy atom. The minimum atomic E-state index is -0.692. The van der Waals surface area contributed by atoms with E-state index in [0.717, 1.165) is 6.54 Å². The van der Waals surface area contributed by atoms with Crippen LogP contribution >= 0.6 is 0 Å². The van der Waals surface area contributed by atoms with Crippen molar-refractivity contribution >= 4 is 0 Å². The molecule has 0 atom stereocenters. The molecule has 0 amide bonds. The van der Waals surface area contributed by atoms with Crippen LogP contribution in [0.3, 0.4) is 0 Å². The lowest BCUT2D eigenvalue weighted by molar-refractivity contribution is 0.260. The number of ether oxygens (including phenoxy) is 1. The molecule has 0 aliphatic rings. The van der Waals surface area contributed by atoms with Gasteiger partial charge >= 0.3 is 0 Å². The van der Waals surface area contributed by atoms with Gasteiger partial charge in [0.15, 0.2) is 17.4 Å². The van der Waals surface area contributed by atoms with Gasteiger partial charge in [0.05, 0.1) is 18.1 Å². The van der Waals surface area contributed by atoms with Gasteiger partial charge in [-0.05, 0) is 50.9 Å². The van der Waals surface area contributed by atoms with Crippen molar-refractivity contribution in [2.45, 2.75) is 40.2 Å². The zero-order valence-electron chi connectivity index (χ0n) is 12.8. The molecule has 0 unspecified atom stereocenters. The van der Waals surface area contributed by atoms with Crippen LogP contribution in [0.4, 0.5) is 8.78 Å². The summed E-state index contributed by atoms with van der Waals surface area (Å²) in [5.41, 5.74) is 0.0978. The molecule has 3 nitrogen and oxygen atoms in total. The predicted octanol–water partition coefficient (Wildman–Crippen LogP) is 3.78. The zero-order chi connectivity index (χ0) is 15.9. The van der Waals surface area contributed by atoms with Crippen LogP contribution in [0, 0.1) is 28.4 Å². The highest BCUT2D eigenvalue weighted by Crippen LogP contribution is 2.25. The van der Waals surface area contributed by atoms with Gasteiger partial charge in [-0.15, -0.1) is 0 Å². The molecule has 1 N–H and O–H groups in total. The molecule has 1 aromatic carbocycles. The van der Waals surface area contributed by atoms with E-state index in [1.54, 1.807) is 0 Å². The molecule has 116 valence electrons. The highest BCUT2D eigenvalue weighted by molar-refractivity contribution is 5.31. The highest BCUT2D eigenvalue weighted by Gasteiger charge is 2.17. The molecule has 1 rings (SSSR count). The third-order valence-electron chi connectivity index (χ3n) is 3.13. The second kappa shape index (κ2) is 7.94. The number of hydrogen-bond donors (Lipinski definition) is 1. The van der Waals surface area contributed by atoms with Gasteiger partial charge in [0.2, 0.25) is 0 Å². The minimum absolute atomic E-state index is 0.186. The van der Waals surface area contributed by atoms with Crippen LogP contribution in [0.1, 0.15) is 39.2 Å². The van der Waals surface area contributed by atoms with E-state index in [0.29, 0.717) is 24.9 Å². The quantitative estimate of drug-likeness (QED) is 0.742. The molecule has 21 heavy (non-hydrogen) atoms. The minimum Gasteiger partial charge on any atom is -0.488 e. The van der Waals surface area contributed by atoms with Crippen LogP contribution in [0.2, 0.25) is 0 Å². The molecule has 1 aromatic rings. The van der Waals surface area contributed by atoms with Gasteiger partial charge < -0.3 is 10.1 Å². The summed E-state index contributed by atoms with van der Waals surface area (Å²) in [4.78, 5) is 0. The molecule has 0 radical (unpaired) electrons. The largest absolute Gasteiger partial charge is 0.488 e. The van der Waals surface area contributed by atoms with Crippen LogP contribution in [-0.2, 0) is 6.54 Å². The summed E-state index contributed by atoms with van der Waals surface area (Å²) in [6, 6.07) is 4.74. The van der Waals surface area contributed by atoms with Crippen molar-refractivity contribution in [3.05, 3.63) is 29.3 Å². The first-order chi connectivity index (χ1) is 9.89. The molecule has 0 saturated carbocycles. The number of nitrogens with zero attached hydrogens (tertiary/aromatic N) is 1. The standard InChI is InChI=1S/C16H22F2N2O/c1-4-20-10-12-8-13(17)15(14(18)9-12)21-7-5-6-16(2,3)11-19/h8-9,20H,4-7,10H2,1-3H3. The van der Waals surface area contributed by atoms with Crippen LogP contribution < -0.4 is 10.1 Å². The number of nitriles is 1. The Bertz CT molecular complexity index is 486. The number of benzene rings is 1. The SMILES string of the molecule is CCNCc1cc(F)c(OCCCC(C)(C)C#N)c(F)c1. The van der Waals surface area contributed by atoms with Gasteiger partial charge in [-0.2, -0.15) is 5.26 Å². The Morgan fingerprint density at radius 2 is 1.90 bits per heavy atom. The third kappa shape index (κ3) is 5.68. The summed E-state index contributed by atoms with van der Waals surface area (Å²) in [7, 11) is 0. The van der Waals surface area contributed by atoms with Crippen molar-refractivity contribution in [1.29, 1.82) is 5.26 Å². The number of rotatable bonds is 8. The van der Waals surface area contributed by atoms with E-state index in [9.17, 15) is 8.78 Å². The highest BCUT2D eigenvalue weighted by atomic mass is 19.1. The predicted molar refractivity (Wildman–Crippen MR) is 77.9 cm³/mol. The molecule has 0 aliphatic carbocycles. The lowest BCUT2D eigenvalue weighted by Crippen LogP contribution is -2.13. The van der Waals surface area contributed by atoms with Gasteiger partial charge in [-0.25, -0.2) is 8.78 Å². The summed E-state index contributed by atoms with van der Waals surface area (Å²) >= 11 is 0. The fraction of sp³-hybridized carbons (Fsp3) is 0.562. The van der Waals surface area contributed by atoms with Crippen molar-refractivity contribution in [3.8, 4) is 11.8 Å². The maximum atomic E-state index is 13.8. The number of nitrogens with one attached hydrogen (secondary N) is 1. The van der Waals surface area contributed by atoms with E-state index in [-0.39, 0.29) is 12.4 Å². The summed E-state index contributed by atoms with van der Waals surface area (Å²) in [6.45, 7) is 6.91. The Kier molecular flexibility index (Phi) is 6.57. The van der Waals surface area contributed by atoms with Crippen molar-refractivity contribution < 1.29 is 13.5 Å². The van der Waals surface area contributed by atoms with Gasteiger partial charge in [0.1, 0.15) is 0 Å². The van der Waals surface area contributed by atoms with Crippen molar-refractivity contribution in [3.63, 3.8) is 0 Å². The summed E-state index contributed by atoms with van der Waals surface area (Å²) in [5, 5.41) is 11.9. The van der Waals surface area contributed by atoms with Crippen molar-refractivity contribution in [2.75, 3.05) is 13.2 Å². The number of hydrogen-bond acceptors (Lipinski definition) is 3. The topological polar surface area (TPSA) is 45.0 Å². The molecular formula is C16H22F2N2O. The van der Waals surface area contributed by atoms with Crippen LogP contribution in [-0.4, -0.2) is 13.2 Å². The van der Waals surface area contributed by atoms with Crippen molar-refractivity contribution in [1.82, 2.24) is 5.32 Å². The average molecular weight is 296 g/mol. The maximum absolute atomic E-state index is 13.8. The molecule has 0 heterocycles. The smallest absolute Gasteiger partial charge is 0.190 e. The first kappa shape index (κ1) is 17.4. The number of halogens is 2. The maximum Gasteiger partial charge on any atom is 0.190 e. The zero-order valence-corrected chi connectivity index (χ0v) is 12.8. The van der Waals surface area contributed by atoms with Crippen LogP contribution in [0.5, 0.6) is 5.75 Å². The third-order valence-corrected chi connectivity index (χ3v) is 3.13. The van der Waals surface area contributed by atoms with E-state index < -0.39 is 17.0 Å². The van der Waals surface area contributed by atoms with Crippen molar-refractivity contribution in [2.24, 2.45) is 5.41 Å². The molecule has 0 saturated heterocycles. The Morgan fingerprint density at radius 3 is 2.43 bits per heavy atom. The van der Waals surface area contributed by atoms with Crippen LogP contribution in [0.25, 0.3) is 0 Å². The van der Waals surface area contributed by atoms with E-state index in [4.69, 9.17) is 10.00 Å². The van der Waals surface area contributed by atoms with E-state index in [2.05, 4.69) is 11.4 Å². The van der Waals surface area contributed by atoms with Gasteiger partial charge in [-0.1, -0.05) is 6.92 Å². The average Bonchev–Trinajstić information content (AvgIpc) is 2.43. The second-order valence-corrected chi connectivity index (χ2v) is 5.62. The molecule has 0 bridgehead atoms. The Labute approximate surface area is 124 Å². The van der Waals surface area contributed by atoms with Gasteiger partial charge in [-0.3, -0.25) is 0 Å². The van der Waals surface area contributed by atoms with E-state index in [1.165, 1.54) is 12.1 Å². The van der Waals surface area contributed by atoms with E-state index >= 15 is 0 Å². The van der Waals surface area contributed by atoms with Gasteiger partial charge in [0, 0.05) is 6.54 Å². The molecule has 0 fully saturated rings. The molecular weight excluding hydrogens is 274 g/mol. The molecule has 0 aliphatic heterocycles. The summed E-state index contributed by atoms with van der Waals surface area (Å²) in [5.74, 6) is -1.73. The fourth-order valence-electron chi connectivity index (χ4n) is 1.87. The Hall–Kier alpha value is -1.67. The summed E-state index contributed by atoms with van der Waals surface area (Å²) in [6.07, 6.45) is 1.18. The molecule has 5 heteroatoms. The van der Waals surface area contributed by atoms with Crippen LogP contribution in [0.15, 0.2) is 12.1 Å². The first-order valence-corrected chi connectivity index (χ1v) is 7.12. The second-order valence-electron chi connectivity index (χ2n) is 5.62. The lowest BCUT2D eigenvalue weighted by atomic mass is 9.90. The molecule has 0 spiro atoms.